The average Bonchev–Trinajstić information content (AvgIpc) is 2.82. The standard InChI is InChI=1S/C15H22N2O4/c1-3-14(18,19)17(4-2)15(20,21)9-11-10-16-13-8-6-5-7-12(11)13/h5-8,10,16,18-21H,3-4,9H2,1-2H3. The van der Waals surface area contributed by atoms with Crippen LogP contribution in [0.2, 0.25) is 0 Å². The van der Waals surface area contributed by atoms with E-state index in [0.29, 0.717) is 5.56 Å². The first kappa shape index (κ1) is 15.9. The molecule has 0 aliphatic rings. The van der Waals surface area contributed by atoms with Crippen molar-refractivity contribution in [3.63, 3.8) is 0 Å². The quantitative estimate of drug-likeness (QED) is 0.506. The zero-order valence-corrected chi connectivity index (χ0v) is 12.2. The zero-order valence-electron chi connectivity index (χ0n) is 12.2. The van der Waals surface area contributed by atoms with Crippen molar-refractivity contribution in [3.05, 3.63) is 36.0 Å². The van der Waals surface area contributed by atoms with Crippen molar-refractivity contribution in [2.45, 2.75) is 38.5 Å². The molecule has 1 aromatic heterocycles. The predicted octanol–water partition coefficient (Wildman–Crippen LogP) is 0.719. The Bertz CT molecular complexity index is 606. The van der Waals surface area contributed by atoms with Gasteiger partial charge in [-0.3, -0.25) is 0 Å². The molecule has 2 rings (SSSR count). The summed E-state index contributed by atoms with van der Waals surface area (Å²) in [5.41, 5.74) is 1.59. The van der Waals surface area contributed by atoms with E-state index in [2.05, 4.69) is 4.98 Å². The van der Waals surface area contributed by atoms with Gasteiger partial charge in [0.25, 0.3) is 0 Å². The highest BCUT2D eigenvalue weighted by atomic mass is 16.6. The van der Waals surface area contributed by atoms with E-state index in [0.717, 1.165) is 15.8 Å². The van der Waals surface area contributed by atoms with Gasteiger partial charge in [-0.25, -0.2) is 4.90 Å². The molecule has 0 amide bonds. The van der Waals surface area contributed by atoms with Crippen LogP contribution in [0.1, 0.15) is 25.8 Å². The SMILES string of the molecule is CCN(C(O)(O)CC)C(O)(O)Cc1c[nH]c2ccccc12. The molecular weight excluding hydrogens is 272 g/mol. The molecule has 0 fully saturated rings. The van der Waals surface area contributed by atoms with Crippen LogP contribution in [-0.4, -0.2) is 48.7 Å². The summed E-state index contributed by atoms with van der Waals surface area (Å²) >= 11 is 0. The van der Waals surface area contributed by atoms with Gasteiger partial charge in [0.15, 0.2) is 0 Å². The Morgan fingerprint density at radius 3 is 2.33 bits per heavy atom. The van der Waals surface area contributed by atoms with Gasteiger partial charge in [0.1, 0.15) is 0 Å². The van der Waals surface area contributed by atoms with Gasteiger partial charge in [-0.05, 0) is 11.6 Å². The fourth-order valence-electron chi connectivity index (χ4n) is 2.61. The Hall–Kier alpha value is -1.44. The molecule has 1 aromatic carbocycles. The fourth-order valence-corrected chi connectivity index (χ4v) is 2.61. The zero-order chi connectivity index (χ0) is 15.7. The normalized spacial score (nSPS) is 13.3. The van der Waals surface area contributed by atoms with E-state index in [1.54, 1.807) is 20.0 Å². The molecule has 0 unspecified atom stereocenters. The molecule has 0 aliphatic heterocycles. The molecule has 0 radical (unpaired) electrons. The number of nitrogens with zero attached hydrogens (tertiary/aromatic N) is 1. The molecule has 21 heavy (non-hydrogen) atoms. The smallest absolute Gasteiger partial charge is 0.233 e. The lowest BCUT2D eigenvalue weighted by Crippen LogP contribution is -2.61. The van der Waals surface area contributed by atoms with Crippen LogP contribution >= 0.6 is 0 Å². The second-order valence-corrected chi connectivity index (χ2v) is 5.18. The highest BCUT2D eigenvalue weighted by Crippen LogP contribution is 2.27. The second-order valence-electron chi connectivity index (χ2n) is 5.18. The summed E-state index contributed by atoms with van der Waals surface area (Å²) in [6.45, 7) is 3.27. The van der Waals surface area contributed by atoms with Crippen molar-refractivity contribution in [1.29, 1.82) is 0 Å². The van der Waals surface area contributed by atoms with Crippen LogP contribution < -0.4 is 0 Å². The molecule has 0 saturated heterocycles. The second kappa shape index (κ2) is 5.75. The highest BCUT2D eigenvalue weighted by Gasteiger charge is 2.43. The van der Waals surface area contributed by atoms with Crippen LogP contribution in [0.4, 0.5) is 0 Å². The Kier molecular flexibility index (Phi) is 4.36. The number of benzene rings is 1. The van der Waals surface area contributed by atoms with E-state index in [9.17, 15) is 20.4 Å². The van der Waals surface area contributed by atoms with Crippen molar-refractivity contribution in [2.75, 3.05) is 6.54 Å². The van der Waals surface area contributed by atoms with Gasteiger partial charge < -0.3 is 25.4 Å². The molecule has 0 atom stereocenters. The van der Waals surface area contributed by atoms with E-state index in [1.807, 2.05) is 24.3 Å². The number of fused-ring (bicyclic) bond motifs is 1. The molecule has 0 aliphatic carbocycles. The lowest BCUT2D eigenvalue weighted by Gasteiger charge is -2.42. The predicted molar refractivity (Wildman–Crippen MR) is 79.0 cm³/mol. The maximum absolute atomic E-state index is 10.3. The molecule has 5 N–H and O–H groups in total. The van der Waals surface area contributed by atoms with Gasteiger partial charge in [-0.15, -0.1) is 0 Å². The number of H-pyrrole nitrogens is 1. The first-order valence-electron chi connectivity index (χ1n) is 7.04. The van der Waals surface area contributed by atoms with Gasteiger partial charge in [0, 0.05) is 36.5 Å². The molecule has 116 valence electrons. The fraction of sp³-hybridized carbons (Fsp3) is 0.467. The molecule has 0 saturated carbocycles. The summed E-state index contributed by atoms with van der Waals surface area (Å²) in [6.07, 6.45) is 1.51. The topological polar surface area (TPSA) is 100.0 Å². The number of hydrogen-bond acceptors (Lipinski definition) is 5. The van der Waals surface area contributed by atoms with Gasteiger partial charge in [-0.2, -0.15) is 0 Å². The molecule has 2 aromatic rings. The van der Waals surface area contributed by atoms with Crippen molar-refractivity contribution < 1.29 is 20.4 Å². The maximum Gasteiger partial charge on any atom is 0.233 e. The van der Waals surface area contributed by atoms with Crippen molar-refractivity contribution in [3.8, 4) is 0 Å². The highest BCUT2D eigenvalue weighted by molar-refractivity contribution is 5.83. The van der Waals surface area contributed by atoms with E-state index in [4.69, 9.17) is 0 Å². The molecule has 6 heteroatoms. The van der Waals surface area contributed by atoms with Crippen LogP contribution in [0.25, 0.3) is 10.9 Å². The Morgan fingerprint density at radius 1 is 1.05 bits per heavy atom. The number of aromatic amines is 1. The summed E-state index contributed by atoms with van der Waals surface area (Å²) in [7, 11) is 0. The number of hydrogen-bond donors (Lipinski definition) is 5. The minimum Gasteiger partial charge on any atom is -0.361 e. The van der Waals surface area contributed by atoms with Gasteiger partial charge in [-0.1, -0.05) is 32.0 Å². The van der Waals surface area contributed by atoms with Gasteiger partial charge >= 0.3 is 0 Å². The molecular formula is C15H22N2O4. The first-order valence-corrected chi connectivity index (χ1v) is 7.04. The van der Waals surface area contributed by atoms with E-state index >= 15 is 0 Å². The van der Waals surface area contributed by atoms with Crippen molar-refractivity contribution in [2.24, 2.45) is 0 Å². The van der Waals surface area contributed by atoms with Crippen molar-refractivity contribution >= 4 is 10.9 Å². The van der Waals surface area contributed by atoms with Gasteiger partial charge in [0.05, 0.1) is 0 Å². The summed E-state index contributed by atoms with van der Waals surface area (Å²) in [5.74, 6) is -4.64. The van der Waals surface area contributed by atoms with Crippen LogP contribution in [0, 0.1) is 0 Å². The minimum atomic E-state index is -2.36. The lowest BCUT2D eigenvalue weighted by atomic mass is 10.1. The molecule has 0 bridgehead atoms. The minimum absolute atomic E-state index is 0.0441. The third kappa shape index (κ3) is 3.09. The van der Waals surface area contributed by atoms with Crippen LogP contribution in [0.5, 0.6) is 0 Å². The van der Waals surface area contributed by atoms with Crippen LogP contribution in [0.15, 0.2) is 30.5 Å². The summed E-state index contributed by atoms with van der Waals surface area (Å²) < 4.78 is 0. The van der Waals surface area contributed by atoms with Gasteiger partial charge in [0.2, 0.25) is 11.8 Å². The van der Waals surface area contributed by atoms with E-state index in [1.165, 1.54) is 0 Å². The third-order valence-electron chi connectivity index (χ3n) is 3.76. The van der Waals surface area contributed by atoms with E-state index < -0.39 is 11.8 Å². The first-order chi connectivity index (χ1) is 9.81. The monoisotopic (exact) mass is 294 g/mol. The Balaban J connectivity index is 2.31. The maximum atomic E-state index is 10.3. The molecule has 0 spiro atoms. The number of nitrogens with one attached hydrogen (secondary N) is 1. The average molecular weight is 294 g/mol. The summed E-state index contributed by atoms with van der Waals surface area (Å²) in [6, 6.07) is 7.51. The molecule has 1 heterocycles. The molecule has 6 nitrogen and oxygen atoms in total. The summed E-state index contributed by atoms with van der Waals surface area (Å²) in [5, 5.41) is 41.3. The van der Waals surface area contributed by atoms with Crippen LogP contribution in [-0.2, 0) is 6.42 Å². The summed E-state index contributed by atoms with van der Waals surface area (Å²) in [4.78, 5) is 3.92. The number of rotatable bonds is 6. The van der Waals surface area contributed by atoms with Crippen molar-refractivity contribution in [1.82, 2.24) is 9.88 Å². The van der Waals surface area contributed by atoms with E-state index in [-0.39, 0.29) is 19.4 Å². The number of para-hydroxylation sites is 1. The Morgan fingerprint density at radius 2 is 1.71 bits per heavy atom. The van der Waals surface area contributed by atoms with Crippen LogP contribution in [0.3, 0.4) is 0 Å². The third-order valence-corrected chi connectivity index (χ3v) is 3.76. The number of aliphatic hydroxyl groups is 4. The lowest BCUT2D eigenvalue weighted by molar-refractivity contribution is -0.383. The Labute approximate surface area is 123 Å². The number of likely N-dealkylation sites (N-methyl/N-ethyl adjacent to an activating group) is 1. The largest absolute Gasteiger partial charge is 0.361 e. The number of aromatic nitrogens is 1.